The van der Waals surface area contributed by atoms with Crippen LogP contribution in [0.4, 0.5) is 0 Å². The molecular weight excluding hydrogens is 288 g/mol. The summed E-state index contributed by atoms with van der Waals surface area (Å²) in [6.07, 6.45) is 1.32. The van der Waals surface area contributed by atoms with E-state index >= 15 is 0 Å². The molecule has 1 fully saturated rings. The van der Waals surface area contributed by atoms with Crippen LogP contribution >= 0.6 is 0 Å². The molecule has 0 N–H and O–H groups in total. The fourth-order valence-electron chi connectivity index (χ4n) is 1.57. The van der Waals surface area contributed by atoms with Gasteiger partial charge in [0.1, 0.15) is 0 Å². The lowest BCUT2D eigenvalue weighted by Crippen LogP contribution is -2.49. The Morgan fingerprint density at radius 2 is 1.79 bits per heavy atom. The third kappa shape index (κ3) is 3.14. The molecule has 19 heavy (non-hydrogen) atoms. The summed E-state index contributed by atoms with van der Waals surface area (Å²) in [4.78, 5) is 0.400. The summed E-state index contributed by atoms with van der Waals surface area (Å²) < 4.78 is 46.2. The maximum absolute atomic E-state index is 12.4. The van der Waals surface area contributed by atoms with Gasteiger partial charge in [0.05, 0.1) is 29.0 Å². The minimum Gasteiger partial charge on any atom is -0.378 e. The lowest BCUT2D eigenvalue weighted by Gasteiger charge is -2.32. The number of rotatable bonds is 4. The summed E-state index contributed by atoms with van der Waals surface area (Å²) in [5, 5.41) is 0. The van der Waals surface area contributed by atoms with Crippen molar-refractivity contribution in [3.63, 3.8) is 0 Å². The molecule has 0 aromatic heterocycles. The fraction of sp³-hybridized carbons (Fsp3) is 0.455. The van der Waals surface area contributed by atoms with E-state index in [1.54, 1.807) is 30.3 Å². The average molecular weight is 304 g/mol. The minimum absolute atomic E-state index is 0.222. The second-order valence-corrected chi connectivity index (χ2v) is 8.52. The van der Waals surface area contributed by atoms with E-state index in [-0.39, 0.29) is 6.04 Å². The molecule has 0 spiro atoms. The lowest BCUT2D eigenvalue weighted by atomic mass is 10.3. The summed E-state index contributed by atoms with van der Waals surface area (Å²) in [6, 6.07) is 8.15. The van der Waals surface area contributed by atoms with Gasteiger partial charge in [-0.15, -0.1) is 0 Å². The summed E-state index contributed by atoms with van der Waals surface area (Å²) in [5.41, 5.74) is 0. The topological polar surface area (TPSA) is 76.0 Å². The lowest BCUT2D eigenvalue weighted by molar-refractivity contribution is -0.0304. The Hall–Kier alpha value is -0.960. The molecule has 1 aliphatic rings. The monoisotopic (exact) mass is 304 g/mol. The molecule has 1 aliphatic heterocycles. The minimum atomic E-state index is -3.92. The van der Waals surface area contributed by atoms with Gasteiger partial charge in [0, 0.05) is 18.2 Å². The predicted octanol–water partition coefficient (Wildman–Crippen LogP) is 0.719. The van der Waals surface area contributed by atoms with Crippen LogP contribution in [0.1, 0.15) is 0 Å². The van der Waals surface area contributed by atoms with Gasteiger partial charge < -0.3 is 4.74 Å². The van der Waals surface area contributed by atoms with Gasteiger partial charge in [-0.3, -0.25) is 0 Å². The Morgan fingerprint density at radius 3 is 2.26 bits per heavy atom. The van der Waals surface area contributed by atoms with Crippen molar-refractivity contribution in [1.29, 1.82) is 0 Å². The third-order valence-electron chi connectivity index (χ3n) is 2.92. The molecule has 1 unspecified atom stereocenters. The molecule has 1 saturated heterocycles. The SMILES string of the molecule is CN(C1COC1)S(=O)(=O)N=S(C)(=O)c1ccccc1. The molecule has 1 heterocycles. The van der Waals surface area contributed by atoms with Gasteiger partial charge in [0.25, 0.3) is 0 Å². The van der Waals surface area contributed by atoms with Crippen LogP contribution in [-0.2, 0) is 24.7 Å². The molecule has 8 heteroatoms. The Morgan fingerprint density at radius 1 is 1.21 bits per heavy atom. The normalized spacial score (nSPS) is 19.7. The van der Waals surface area contributed by atoms with Crippen molar-refractivity contribution < 1.29 is 17.4 Å². The van der Waals surface area contributed by atoms with Crippen LogP contribution in [0.3, 0.4) is 0 Å². The molecule has 0 amide bonds. The van der Waals surface area contributed by atoms with Crippen molar-refractivity contribution in [3.05, 3.63) is 30.3 Å². The van der Waals surface area contributed by atoms with Crippen LogP contribution in [0.25, 0.3) is 0 Å². The van der Waals surface area contributed by atoms with Gasteiger partial charge in [0.2, 0.25) is 0 Å². The van der Waals surface area contributed by atoms with E-state index in [0.29, 0.717) is 18.1 Å². The van der Waals surface area contributed by atoms with Gasteiger partial charge in [-0.05, 0) is 12.1 Å². The Bertz CT molecular complexity index is 659. The largest absolute Gasteiger partial charge is 0.378 e. The van der Waals surface area contributed by atoms with Crippen molar-refractivity contribution in [2.45, 2.75) is 10.9 Å². The first-order valence-electron chi connectivity index (χ1n) is 5.67. The molecule has 0 saturated carbocycles. The number of nitrogens with zero attached hydrogens (tertiary/aromatic N) is 2. The highest BCUT2D eigenvalue weighted by molar-refractivity contribution is 8.02. The molecule has 0 radical (unpaired) electrons. The van der Waals surface area contributed by atoms with Crippen LogP contribution in [-0.4, -0.2) is 49.5 Å². The fourth-order valence-corrected chi connectivity index (χ4v) is 4.93. The van der Waals surface area contributed by atoms with Crippen LogP contribution in [0.2, 0.25) is 0 Å². The van der Waals surface area contributed by atoms with Gasteiger partial charge in [-0.2, -0.15) is 12.7 Å². The molecule has 1 atom stereocenters. The van der Waals surface area contributed by atoms with Crippen LogP contribution in [0, 0.1) is 0 Å². The van der Waals surface area contributed by atoms with Gasteiger partial charge in [-0.25, -0.2) is 4.21 Å². The predicted molar refractivity (Wildman–Crippen MR) is 72.5 cm³/mol. The van der Waals surface area contributed by atoms with Crippen molar-refractivity contribution in [2.24, 2.45) is 3.77 Å². The molecule has 0 bridgehead atoms. The number of benzene rings is 1. The standard InChI is InChI=1S/C11H16N2O4S2/c1-13(10-8-17-9-10)19(15,16)12-18(2,14)11-6-4-3-5-7-11/h3-7,10H,8-9H2,1-2H3. The quantitative estimate of drug-likeness (QED) is 0.821. The third-order valence-corrected chi connectivity index (χ3v) is 6.98. The van der Waals surface area contributed by atoms with Crippen molar-refractivity contribution in [3.8, 4) is 0 Å². The van der Waals surface area contributed by atoms with Gasteiger partial charge >= 0.3 is 10.2 Å². The summed E-state index contributed by atoms with van der Waals surface area (Å²) in [5.74, 6) is 0. The summed E-state index contributed by atoms with van der Waals surface area (Å²) in [6.45, 7) is 0.697. The summed E-state index contributed by atoms with van der Waals surface area (Å²) >= 11 is 0. The van der Waals surface area contributed by atoms with Crippen molar-refractivity contribution >= 4 is 19.9 Å². The van der Waals surface area contributed by atoms with E-state index < -0.39 is 19.9 Å². The van der Waals surface area contributed by atoms with Gasteiger partial charge in [-0.1, -0.05) is 22.0 Å². The average Bonchev–Trinajstić information content (AvgIpc) is 2.26. The molecule has 1 aromatic carbocycles. The molecule has 6 nitrogen and oxygen atoms in total. The molecule has 106 valence electrons. The van der Waals surface area contributed by atoms with Crippen molar-refractivity contribution in [1.82, 2.24) is 4.31 Å². The van der Waals surface area contributed by atoms with Gasteiger partial charge in [0.15, 0.2) is 0 Å². The first kappa shape index (κ1) is 14.4. The first-order valence-corrected chi connectivity index (χ1v) is 8.99. The second kappa shape index (κ2) is 5.20. The number of likely N-dealkylation sites (N-methyl/N-ethyl adjacent to an activating group) is 1. The maximum atomic E-state index is 12.4. The first-order chi connectivity index (χ1) is 8.83. The maximum Gasteiger partial charge on any atom is 0.330 e. The zero-order valence-electron chi connectivity index (χ0n) is 10.7. The van der Waals surface area contributed by atoms with Crippen LogP contribution < -0.4 is 0 Å². The molecular formula is C11H16N2O4S2. The van der Waals surface area contributed by atoms with E-state index in [1.807, 2.05) is 0 Å². The second-order valence-electron chi connectivity index (χ2n) is 4.38. The summed E-state index contributed by atoms with van der Waals surface area (Å²) in [7, 11) is -5.48. The number of ether oxygens (including phenoxy) is 1. The Kier molecular flexibility index (Phi) is 3.95. The van der Waals surface area contributed by atoms with E-state index in [1.165, 1.54) is 13.3 Å². The highest BCUT2D eigenvalue weighted by Gasteiger charge is 2.32. The number of hydrogen-bond acceptors (Lipinski definition) is 4. The molecule has 0 aliphatic carbocycles. The highest BCUT2D eigenvalue weighted by Crippen LogP contribution is 2.18. The van der Waals surface area contributed by atoms with Crippen LogP contribution in [0.15, 0.2) is 39.0 Å². The zero-order valence-corrected chi connectivity index (χ0v) is 12.4. The zero-order chi connectivity index (χ0) is 14.1. The van der Waals surface area contributed by atoms with E-state index in [0.717, 1.165) is 4.31 Å². The smallest absolute Gasteiger partial charge is 0.330 e. The molecule has 1 aromatic rings. The Balaban J connectivity index is 2.36. The number of hydrogen-bond donors (Lipinski definition) is 0. The van der Waals surface area contributed by atoms with E-state index in [2.05, 4.69) is 3.77 Å². The molecule has 2 rings (SSSR count). The van der Waals surface area contributed by atoms with E-state index in [4.69, 9.17) is 4.74 Å². The Labute approximate surface area is 113 Å². The highest BCUT2D eigenvalue weighted by atomic mass is 32.3. The van der Waals surface area contributed by atoms with E-state index in [9.17, 15) is 12.6 Å². The van der Waals surface area contributed by atoms with Crippen LogP contribution in [0.5, 0.6) is 0 Å². The van der Waals surface area contributed by atoms with Crippen molar-refractivity contribution in [2.75, 3.05) is 26.5 Å².